The van der Waals surface area contributed by atoms with Crippen molar-refractivity contribution in [2.24, 2.45) is 11.8 Å². The zero-order valence-electron chi connectivity index (χ0n) is 24.8. The van der Waals surface area contributed by atoms with Gasteiger partial charge in [0.2, 0.25) is 0 Å². The quantitative estimate of drug-likeness (QED) is 0.251. The summed E-state index contributed by atoms with van der Waals surface area (Å²) in [4.78, 5) is 17.3. The Kier molecular flexibility index (Phi) is 8.14. The van der Waals surface area contributed by atoms with E-state index in [9.17, 15) is 18.7 Å². The number of aliphatic carboxylic acids is 1. The molecule has 8 heteroatoms. The number of fused-ring (bicyclic) bond motifs is 3. The summed E-state index contributed by atoms with van der Waals surface area (Å²) in [7, 11) is 0. The second-order valence-corrected chi connectivity index (χ2v) is 13.4. The van der Waals surface area contributed by atoms with Crippen molar-refractivity contribution in [1.82, 2.24) is 4.98 Å². The molecule has 228 valence electrons. The van der Waals surface area contributed by atoms with E-state index >= 15 is 0 Å². The summed E-state index contributed by atoms with van der Waals surface area (Å²) >= 11 is 5.80. The summed E-state index contributed by atoms with van der Waals surface area (Å²) < 4.78 is 35.1. The Balaban J connectivity index is 1.20. The minimum Gasteiger partial charge on any atom is -0.493 e. The molecule has 0 bridgehead atoms. The van der Waals surface area contributed by atoms with E-state index in [0.717, 1.165) is 49.6 Å². The lowest BCUT2D eigenvalue weighted by Gasteiger charge is -2.47. The molecule has 3 aromatic rings. The summed E-state index contributed by atoms with van der Waals surface area (Å²) in [5, 5.41) is 12.7. The number of nitrogens with zero attached hydrogens (tertiary/aromatic N) is 1. The van der Waals surface area contributed by atoms with Crippen molar-refractivity contribution in [2.75, 3.05) is 11.9 Å². The van der Waals surface area contributed by atoms with Crippen LogP contribution < -0.4 is 10.1 Å². The van der Waals surface area contributed by atoms with Gasteiger partial charge in [-0.2, -0.15) is 0 Å². The maximum Gasteiger partial charge on any atom is 0.329 e. The predicted molar refractivity (Wildman–Crippen MR) is 164 cm³/mol. The van der Waals surface area contributed by atoms with E-state index < -0.39 is 28.2 Å². The zero-order valence-corrected chi connectivity index (χ0v) is 25.5. The van der Waals surface area contributed by atoms with E-state index in [0.29, 0.717) is 50.0 Å². The van der Waals surface area contributed by atoms with Crippen molar-refractivity contribution in [3.63, 3.8) is 0 Å². The number of rotatable bonds is 8. The third kappa shape index (κ3) is 5.39. The number of pyridine rings is 1. The molecular weight excluding hydrogens is 570 g/mol. The average molecular weight is 609 g/mol. The van der Waals surface area contributed by atoms with Gasteiger partial charge in [-0.1, -0.05) is 49.7 Å². The van der Waals surface area contributed by atoms with Crippen LogP contribution in [0.2, 0.25) is 5.02 Å². The fourth-order valence-corrected chi connectivity index (χ4v) is 8.27. The molecule has 43 heavy (non-hydrogen) atoms. The van der Waals surface area contributed by atoms with Crippen molar-refractivity contribution in [1.29, 1.82) is 0 Å². The fraction of sp³-hybridized carbons (Fsp3) is 0.486. The van der Waals surface area contributed by atoms with Crippen LogP contribution >= 0.6 is 11.6 Å². The lowest BCUT2D eigenvalue weighted by Crippen LogP contribution is -2.53. The van der Waals surface area contributed by atoms with Crippen LogP contribution in [0.1, 0.15) is 87.1 Å². The molecule has 6 rings (SSSR count). The van der Waals surface area contributed by atoms with E-state index in [1.54, 1.807) is 0 Å². The molecule has 1 unspecified atom stereocenters. The molecule has 3 aliphatic carbocycles. The largest absolute Gasteiger partial charge is 0.493 e. The molecule has 1 spiro atoms. The van der Waals surface area contributed by atoms with Crippen molar-refractivity contribution in [3.8, 4) is 5.75 Å². The number of halogens is 3. The van der Waals surface area contributed by atoms with Gasteiger partial charge in [0.1, 0.15) is 22.1 Å². The van der Waals surface area contributed by atoms with Gasteiger partial charge in [0.15, 0.2) is 5.82 Å². The van der Waals surface area contributed by atoms with E-state index in [1.165, 1.54) is 22.8 Å². The highest BCUT2D eigenvalue weighted by Gasteiger charge is 2.54. The molecule has 2 N–H and O–H groups in total. The maximum absolute atomic E-state index is 14.8. The summed E-state index contributed by atoms with van der Waals surface area (Å²) in [5.74, 6) is -0.863. The molecule has 1 aromatic heterocycles. The highest BCUT2D eigenvalue weighted by Crippen LogP contribution is 2.56. The Morgan fingerprint density at radius 2 is 1.93 bits per heavy atom. The summed E-state index contributed by atoms with van der Waals surface area (Å²) in [5.41, 5.74) is 3.41. The fourth-order valence-electron chi connectivity index (χ4n) is 8.10. The number of carboxylic acids is 1. The van der Waals surface area contributed by atoms with Crippen LogP contribution in [-0.2, 0) is 23.1 Å². The molecular formula is C35H39ClF2N2O3. The van der Waals surface area contributed by atoms with Crippen LogP contribution in [0.5, 0.6) is 5.75 Å². The van der Waals surface area contributed by atoms with Gasteiger partial charge in [-0.3, -0.25) is 4.98 Å². The van der Waals surface area contributed by atoms with Crippen LogP contribution in [-0.4, -0.2) is 28.2 Å². The van der Waals surface area contributed by atoms with E-state index in [-0.39, 0.29) is 11.1 Å². The molecule has 0 aliphatic heterocycles. The minimum atomic E-state index is -1.37. The number of carboxylic acid groups (broad SMARTS) is 1. The van der Waals surface area contributed by atoms with Crippen LogP contribution in [0.4, 0.5) is 14.5 Å². The van der Waals surface area contributed by atoms with Crippen LogP contribution in [0, 0.1) is 23.5 Å². The van der Waals surface area contributed by atoms with Crippen LogP contribution in [0.25, 0.3) is 0 Å². The Labute approximate surface area is 257 Å². The van der Waals surface area contributed by atoms with Gasteiger partial charge in [0.25, 0.3) is 0 Å². The van der Waals surface area contributed by atoms with Crippen LogP contribution in [0.15, 0.2) is 48.7 Å². The molecule has 1 heterocycles. The number of ether oxygens (including phenoxy) is 1. The Bertz CT molecular complexity index is 1520. The number of anilines is 1. The number of carbonyl (C=O) groups is 1. The molecule has 1 fully saturated rings. The molecule has 3 atom stereocenters. The molecule has 0 amide bonds. The Morgan fingerprint density at radius 1 is 1.16 bits per heavy atom. The molecule has 0 saturated heterocycles. The zero-order chi connectivity index (χ0) is 30.4. The molecule has 3 aliphatic rings. The second-order valence-electron chi connectivity index (χ2n) is 13.1. The van der Waals surface area contributed by atoms with Gasteiger partial charge in [-0.05, 0) is 110 Å². The minimum absolute atomic E-state index is 0.0912. The van der Waals surface area contributed by atoms with Crippen molar-refractivity contribution < 1.29 is 23.4 Å². The number of aromatic nitrogens is 1. The maximum atomic E-state index is 14.8. The Morgan fingerprint density at radius 3 is 2.70 bits per heavy atom. The third-order valence-corrected chi connectivity index (χ3v) is 10.7. The normalized spacial score (nSPS) is 26.9. The number of nitrogens with one attached hydrogen (secondary N) is 1. The first kappa shape index (κ1) is 29.9. The standard InChI is InChI=1S/C35H39ClF2N2O3/c1-21(20-43-29-12-17-39-27-9-5-6-22(2)30(27)29)18-24-19-23-7-3-4-8-25(23)34(24)13-15-35(16-14-34,33(41)42)40-28-11-10-26(37)31(36)32(28)38/h3-4,7-8,10-12,17,21-22,24,40H,5-6,9,13-16,18-20H2,1-2H3,(H,41,42)/t21-,22-,24?,34?,35?/m1/s1. The third-order valence-electron chi connectivity index (χ3n) is 10.4. The van der Waals surface area contributed by atoms with E-state index in [4.69, 9.17) is 16.3 Å². The molecule has 2 aromatic carbocycles. The highest BCUT2D eigenvalue weighted by molar-refractivity contribution is 6.31. The van der Waals surface area contributed by atoms with Gasteiger partial charge in [0.05, 0.1) is 12.3 Å². The lowest BCUT2D eigenvalue weighted by atomic mass is 9.59. The molecule has 5 nitrogen and oxygen atoms in total. The topological polar surface area (TPSA) is 71.5 Å². The Hall–Kier alpha value is -3.19. The summed E-state index contributed by atoms with van der Waals surface area (Å²) in [6.07, 6.45) is 8.99. The first-order valence-electron chi connectivity index (χ1n) is 15.5. The number of aryl methyl sites for hydroxylation is 1. The van der Waals surface area contributed by atoms with Crippen molar-refractivity contribution in [3.05, 3.63) is 87.7 Å². The lowest BCUT2D eigenvalue weighted by molar-refractivity contribution is -0.144. The van der Waals surface area contributed by atoms with Crippen molar-refractivity contribution >= 4 is 23.3 Å². The number of hydrogen-bond donors (Lipinski definition) is 2. The van der Waals surface area contributed by atoms with Crippen molar-refractivity contribution in [2.45, 2.75) is 88.5 Å². The smallest absolute Gasteiger partial charge is 0.329 e. The predicted octanol–water partition coefficient (Wildman–Crippen LogP) is 8.48. The van der Waals surface area contributed by atoms with E-state index in [1.807, 2.05) is 12.3 Å². The monoisotopic (exact) mass is 608 g/mol. The van der Waals surface area contributed by atoms with Crippen LogP contribution in [0.3, 0.4) is 0 Å². The molecule has 0 radical (unpaired) electrons. The van der Waals surface area contributed by atoms with Gasteiger partial charge >= 0.3 is 5.97 Å². The summed E-state index contributed by atoms with van der Waals surface area (Å²) in [6.45, 7) is 5.10. The van der Waals surface area contributed by atoms with E-state index in [2.05, 4.69) is 48.4 Å². The van der Waals surface area contributed by atoms with Gasteiger partial charge < -0.3 is 15.2 Å². The second kappa shape index (κ2) is 11.7. The summed E-state index contributed by atoms with van der Waals surface area (Å²) in [6, 6.07) is 12.8. The number of benzene rings is 2. The average Bonchev–Trinajstić information content (AvgIpc) is 3.29. The first-order valence-corrected chi connectivity index (χ1v) is 15.9. The van der Waals surface area contributed by atoms with Gasteiger partial charge in [-0.15, -0.1) is 0 Å². The highest BCUT2D eigenvalue weighted by atomic mass is 35.5. The first-order chi connectivity index (χ1) is 20.6. The SMILES string of the molecule is C[C@@H](COc1ccnc2c1[C@H](C)CCC2)CC1Cc2ccccc2C12CCC(Nc1ccc(F)c(Cl)c1F)(C(=O)O)CC2. The number of hydrogen-bond acceptors (Lipinski definition) is 4. The molecule has 1 saturated carbocycles. The van der Waals surface area contributed by atoms with Gasteiger partial charge in [0, 0.05) is 17.5 Å². The van der Waals surface area contributed by atoms with Gasteiger partial charge in [-0.25, -0.2) is 13.6 Å².